The monoisotopic (exact) mass is 161 g/mol. The third kappa shape index (κ3) is 1.59. The molecule has 1 aromatic rings. The van der Waals surface area contributed by atoms with Gasteiger partial charge in [0.15, 0.2) is 0 Å². The molecule has 1 aromatic carbocycles. The second kappa shape index (κ2) is 3.59. The summed E-state index contributed by atoms with van der Waals surface area (Å²) in [4.78, 5) is 2.38. The standard InChI is InChI=1S/C10H13N2/c1-2-4-10(5-3-1)12-8-6-11-7-9-12/h1-5H,6-9H2. The minimum absolute atomic E-state index is 0.981. The van der Waals surface area contributed by atoms with Crippen molar-refractivity contribution in [3.05, 3.63) is 30.3 Å². The Balaban J connectivity index is 2.08. The van der Waals surface area contributed by atoms with E-state index in [4.69, 9.17) is 0 Å². The van der Waals surface area contributed by atoms with Gasteiger partial charge in [-0.1, -0.05) is 18.2 Å². The molecule has 0 N–H and O–H groups in total. The summed E-state index contributed by atoms with van der Waals surface area (Å²) in [6.45, 7) is 4.11. The first-order valence-electron chi connectivity index (χ1n) is 4.40. The second-order valence-corrected chi connectivity index (χ2v) is 2.99. The van der Waals surface area contributed by atoms with Crippen molar-refractivity contribution in [3.8, 4) is 0 Å². The fourth-order valence-electron chi connectivity index (χ4n) is 1.50. The summed E-state index contributed by atoms with van der Waals surface area (Å²) in [7, 11) is 0. The van der Waals surface area contributed by atoms with Gasteiger partial charge in [-0.25, -0.2) is 5.32 Å². The Morgan fingerprint density at radius 1 is 1.00 bits per heavy atom. The van der Waals surface area contributed by atoms with E-state index in [0.717, 1.165) is 26.2 Å². The molecule has 12 heavy (non-hydrogen) atoms. The van der Waals surface area contributed by atoms with Crippen molar-refractivity contribution in [1.82, 2.24) is 5.32 Å². The first-order valence-corrected chi connectivity index (χ1v) is 4.40. The molecule has 2 rings (SSSR count). The van der Waals surface area contributed by atoms with Gasteiger partial charge < -0.3 is 4.90 Å². The van der Waals surface area contributed by atoms with Crippen LogP contribution in [0.2, 0.25) is 0 Å². The summed E-state index contributed by atoms with van der Waals surface area (Å²) < 4.78 is 0. The Hall–Kier alpha value is -1.02. The minimum Gasteiger partial charge on any atom is -0.369 e. The van der Waals surface area contributed by atoms with Gasteiger partial charge in [-0.3, -0.25) is 0 Å². The molecule has 0 saturated carbocycles. The molecule has 1 fully saturated rings. The maximum absolute atomic E-state index is 4.31. The van der Waals surface area contributed by atoms with Crippen LogP contribution in [0.4, 0.5) is 5.69 Å². The van der Waals surface area contributed by atoms with Gasteiger partial charge in [0, 0.05) is 31.9 Å². The van der Waals surface area contributed by atoms with Crippen molar-refractivity contribution in [3.63, 3.8) is 0 Å². The Morgan fingerprint density at radius 3 is 2.33 bits per heavy atom. The van der Waals surface area contributed by atoms with E-state index in [0.29, 0.717) is 0 Å². The first-order chi connectivity index (χ1) is 5.97. The van der Waals surface area contributed by atoms with Crippen LogP contribution in [-0.2, 0) is 0 Å². The molecule has 0 aromatic heterocycles. The van der Waals surface area contributed by atoms with E-state index in [9.17, 15) is 0 Å². The molecule has 2 heteroatoms. The van der Waals surface area contributed by atoms with Crippen molar-refractivity contribution in [2.75, 3.05) is 31.1 Å². The van der Waals surface area contributed by atoms with Crippen LogP contribution in [0.1, 0.15) is 0 Å². The van der Waals surface area contributed by atoms with Gasteiger partial charge in [-0.05, 0) is 12.1 Å². The van der Waals surface area contributed by atoms with E-state index < -0.39 is 0 Å². The van der Waals surface area contributed by atoms with Gasteiger partial charge in [0.25, 0.3) is 0 Å². The van der Waals surface area contributed by atoms with Crippen molar-refractivity contribution >= 4 is 5.69 Å². The topological polar surface area (TPSA) is 17.3 Å². The minimum atomic E-state index is 0.981. The molecule has 0 unspecified atom stereocenters. The Morgan fingerprint density at radius 2 is 1.67 bits per heavy atom. The van der Waals surface area contributed by atoms with Crippen LogP contribution in [0, 0.1) is 0 Å². The molecule has 2 nitrogen and oxygen atoms in total. The highest BCUT2D eigenvalue weighted by atomic mass is 15.2. The molecule has 0 amide bonds. The molecule has 1 radical (unpaired) electrons. The quantitative estimate of drug-likeness (QED) is 0.603. The predicted octanol–water partition coefficient (Wildman–Crippen LogP) is 1.11. The summed E-state index contributed by atoms with van der Waals surface area (Å²) in [5, 5.41) is 4.31. The maximum Gasteiger partial charge on any atom is 0.0367 e. The SMILES string of the molecule is c1ccc(N2CC[N]CC2)cc1. The normalized spacial score (nSPS) is 17.8. The van der Waals surface area contributed by atoms with Crippen LogP contribution in [0.15, 0.2) is 30.3 Å². The van der Waals surface area contributed by atoms with E-state index in [1.807, 2.05) is 0 Å². The van der Waals surface area contributed by atoms with E-state index in [-0.39, 0.29) is 0 Å². The highest BCUT2D eigenvalue weighted by Crippen LogP contribution is 2.12. The number of para-hydroxylation sites is 1. The van der Waals surface area contributed by atoms with E-state index in [2.05, 4.69) is 40.5 Å². The Labute approximate surface area is 73.2 Å². The van der Waals surface area contributed by atoms with Gasteiger partial charge in [0.1, 0.15) is 0 Å². The van der Waals surface area contributed by atoms with Crippen molar-refractivity contribution in [1.29, 1.82) is 0 Å². The first kappa shape index (κ1) is 7.62. The number of anilines is 1. The lowest BCUT2D eigenvalue weighted by Gasteiger charge is -2.28. The van der Waals surface area contributed by atoms with Crippen molar-refractivity contribution in [2.45, 2.75) is 0 Å². The lowest BCUT2D eigenvalue weighted by molar-refractivity contribution is 0.579. The summed E-state index contributed by atoms with van der Waals surface area (Å²) in [5.41, 5.74) is 1.33. The van der Waals surface area contributed by atoms with Crippen LogP contribution in [-0.4, -0.2) is 26.2 Å². The summed E-state index contributed by atoms with van der Waals surface area (Å²) in [6.07, 6.45) is 0. The lowest BCUT2D eigenvalue weighted by atomic mass is 10.2. The van der Waals surface area contributed by atoms with Crippen molar-refractivity contribution < 1.29 is 0 Å². The van der Waals surface area contributed by atoms with Gasteiger partial charge in [-0.2, -0.15) is 0 Å². The molecule has 1 heterocycles. The lowest BCUT2D eigenvalue weighted by Crippen LogP contribution is -2.40. The van der Waals surface area contributed by atoms with Crippen LogP contribution < -0.4 is 10.2 Å². The number of piperazine rings is 1. The Bertz CT molecular complexity index is 227. The van der Waals surface area contributed by atoms with Gasteiger partial charge in [0.2, 0.25) is 0 Å². The number of benzene rings is 1. The third-order valence-electron chi connectivity index (χ3n) is 2.18. The fourth-order valence-corrected chi connectivity index (χ4v) is 1.50. The fraction of sp³-hybridized carbons (Fsp3) is 0.400. The molecule has 63 valence electrons. The summed E-state index contributed by atoms with van der Waals surface area (Å²) >= 11 is 0. The van der Waals surface area contributed by atoms with Crippen LogP contribution in [0.3, 0.4) is 0 Å². The summed E-state index contributed by atoms with van der Waals surface area (Å²) in [5.74, 6) is 0. The van der Waals surface area contributed by atoms with Gasteiger partial charge in [-0.15, -0.1) is 0 Å². The molecular weight excluding hydrogens is 148 g/mol. The van der Waals surface area contributed by atoms with Crippen LogP contribution in [0.25, 0.3) is 0 Å². The van der Waals surface area contributed by atoms with Gasteiger partial charge >= 0.3 is 0 Å². The molecule has 1 saturated heterocycles. The predicted molar refractivity (Wildman–Crippen MR) is 50.5 cm³/mol. The summed E-state index contributed by atoms with van der Waals surface area (Å²) in [6, 6.07) is 10.5. The highest BCUT2D eigenvalue weighted by Gasteiger charge is 2.09. The number of hydrogen-bond donors (Lipinski definition) is 0. The van der Waals surface area contributed by atoms with E-state index in [1.54, 1.807) is 0 Å². The largest absolute Gasteiger partial charge is 0.369 e. The average molecular weight is 161 g/mol. The molecule has 0 atom stereocenters. The van der Waals surface area contributed by atoms with Crippen LogP contribution >= 0.6 is 0 Å². The molecular formula is C10H13N2. The second-order valence-electron chi connectivity index (χ2n) is 2.99. The van der Waals surface area contributed by atoms with Crippen molar-refractivity contribution in [2.24, 2.45) is 0 Å². The zero-order valence-corrected chi connectivity index (χ0v) is 7.11. The molecule has 0 bridgehead atoms. The number of nitrogens with zero attached hydrogens (tertiary/aromatic N) is 2. The van der Waals surface area contributed by atoms with E-state index in [1.165, 1.54) is 5.69 Å². The Kier molecular flexibility index (Phi) is 2.28. The molecule has 1 aliphatic heterocycles. The zero-order chi connectivity index (χ0) is 8.23. The zero-order valence-electron chi connectivity index (χ0n) is 7.11. The number of hydrogen-bond acceptors (Lipinski definition) is 1. The molecule has 1 aliphatic rings. The smallest absolute Gasteiger partial charge is 0.0367 e. The maximum atomic E-state index is 4.31. The van der Waals surface area contributed by atoms with Gasteiger partial charge in [0.05, 0.1) is 0 Å². The third-order valence-corrected chi connectivity index (χ3v) is 2.18. The molecule has 0 aliphatic carbocycles. The average Bonchev–Trinajstić information content (AvgIpc) is 2.21. The highest BCUT2D eigenvalue weighted by molar-refractivity contribution is 5.46. The van der Waals surface area contributed by atoms with Crippen LogP contribution in [0.5, 0.6) is 0 Å². The van der Waals surface area contributed by atoms with E-state index >= 15 is 0 Å². The number of rotatable bonds is 1. The molecule has 0 spiro atoms.